The molecule has 1 aromatic rings. The second-order valence-corrected chi connectivity index (χ2v) is 2.80. The fraction of sp³-hybridized carbons (Fsp3) is 0.375. The van der Waals surface area contributed by atoms with E-state index in [1.54, 1.807) is 25.4 Å². The van der Waals surface area contributed by atoms with Gasteiger partial charge in [0.15, 0.2) is 0 Å². The highest BCUT2D eigenvalue weighted by Crippen LogP contribution is 2.18. The molecule has 0 aromatic carbocycles. The Hall–Kier alpha value is -1.29. The Kier molecular flexibility index (Phi) is 2.50. The van der Waals surface area contributed by atoms with E-state index >= 15 is 0 Å². The maximum Gasteiger partial charge on any atom is 0.308 e. The van der Waals surface area contributed by atoms with Crippen molar-refractivity contribution in [2.75, 3.05) is 0 Å². The molecule has 66 valence electrons. The molecule has 12 heavy (non-hydrogen) atoms. The number of aromatic nitrogens is 1. The van der Waals surface area contributed by atoms with Crippen molar-refractivity contribution < 1.29 is 9.90 Å². The fourth-order valence-corrected chi connectivity index (χ4v) is 0.986. The predicted octanol–water partition coefficient (Wildman–Crippen LogP) is 0.735. The Bertz CT molecular complexity index is 256. The van der Waals surface area contributed by atoms with Gasteiger partial charge in [-0.2, -0.15) is 0 Å². The van der Waals surface area contributed by atoms with Gasteiger partial charge in [-0.05, 0) is 11.6 Å². The standard InChI is InChI=1S/C8H12N2O2/c1-5(8(11)12)7(9)6-2-3-10-4-6/h2-5,7,10H,9H2,1H3,(H,11,12). The molecule has 0 saturated heterocycles. The molecule has 0 aliphatic carbocycles. The van der Waals surface area contributed by atoms with Crippen LogP contribution in [0.25, 0.3) is 0 Å². The lowest BCUT2D eigenvalue weighted by Crippen LogP contribution is -2.25. The Morgan fingerprint density at radius 1 is 1.75 bits per heavy atom. The zero-order valence-electron chi connectivity index (χ0n) is 6.82. The van der Waals surface area contributed by atoms with Crippen molar-refractivity contribution in [1.82, 2.24) is 4.98 Å². The molecular weight excluding hydrogens is 156 g/mol. The summed E-state index contributed by atoms with van der Waals surface area (Å²) in [5.74, 6) is -1.43. The summed E-state index contributed by atoms with van der Waals surface area (Å²) in [6.07, 6.45) is 3.44. The van der Waals surface area contributed by atoms with Gasteiger partial charge >= 0.3 is 5.97 Å². The van der Waals surface area contributed by atoms with Crippen LogP contribution >= 0.6 is 0 Å². The van der Waals surface area contributed by atoms with Gasteiger partial charge in [-0.3, -0.25) is 4.79 Å². The molecule has 2 atom stereocenters. The number of H-pyrrole nitrogens is 1. The molecule has 0 fully saturated rings. The Labute approximate surface area is 70.4 Å². The van der Waals surface area contributed by atoms with Crippen LogP contribution in [0.2, 0.25) is 0 Å². The van der Waals surface area contributed by atoms with Crippen molar-refractivity contribution in [1.29, 1.82) is 0 Å². The Morgan fingerprint density at radius 2 is 2.42 bits per heavy atom. The van der Waals surface area contributed by atoms with E-state index in [4.69, 9.17) is 10.8 Å². The molecule has 0 aliphatic heterocycles. The van der Waals surface area contributed by atoms with E-state index in [0.29, 0.717) is 0 Å². The number of nitrogens with one attached hydrogen (secondary N) is 1. The van der Waals surface area contributed by atoms with Gasteiger partial charge in [-0.25, -0.2) is 0 Å². The highest BCUT2D eigenvalue weighted by Gasteiger charge is 2.21. The highest BCUT2D eigenvalue weighted by molar-refractivity contribution is 5.70. The number of carboxylic acid groups (broad SMARTS) is 1. The predicted molar refractivity (Wildman–Crippen MR) is 44.5 cm³/mol. The Balaban J connectivity index is 2.71. The van der Waals surface area contributed by atoms with E-state index in [-0.39, 0.29) is 0 Å². The average Bonchev–Trinajstić information content (AvgIpc) is 2.53. The number of carboxylic acids is 1. The van der Waals surface area contributed by atoms with Crippen molar-refractivity contribution in [3.8, 4) is 0 Å². The first-order valence-corrected chi connectivity index (χ1v) is 3.74. The third-order valence-corrected chi connectivity index (χ3v) is 1.94. The van der Waals surface area contributed by atoms with Crippen molar-refractivity contribution in [2.24, 2.45) is 11.7 Å². The maximum absolute atomic E-state index is 10.5. The molecule has 4 N–H and O–H groups in total. The molecule has 0 saturated carbocycles. The molecule has 1 aromatic heterocycles. The van der Waals surface area contributed by atoms with Crippen LogP contribution in [0, 0.1) is 5.92 Å². The van der Waals surface area contributed by atoms with Crippen molar-refractivity contribution in [3.05, 3.63) is 24.0 Å². The lowest BCUT2D eigenvalue weighted by Gasteiger charge is -2.13. The molecular formula is C8H12N2O2. The number of nitrogens with two attached hydrogens (primary N) is 1. The average molecular weight is 168 g/mol. The maximum atomic E-state index is 10.5. The van der Waals surface area contributed by atoms with Gasteiger partial charge in [0.2, 0.25) is 0 Å². The SMILES string of the molecule is CC(C(=O)O)C(N)c1cc[nH]c1. The summed E-state index contributed by atoms with van der Waals surface area (Å²) in [6, 6.07) is 1.35. The van der Waals surface area contributed by atoms with Crippen LogP contribution in [-0.4, -0.2) is 16.1 Å². The topological polar surface area (TPSA) is 79.1 Å². The molecule has 0 spiro atoms. The minimum Gasteiger partial charge on any atom is -0.481 e. The second kappa shape index (κ2) is 3.40. The quantitative estimate of drug-likeness (QED) is 0.622. The summed E-state index contributed by atoms with van der Waals surface area (Å²) in [4.78, 5) is 13.4. The third kappa shape index (κ3) is 1.65. The molecule has 1 rings (SSSR count). The summed E-state index contributed by atoms with van der Waals surface area (Å²) in [7, 11) is 0. The van der Waals surface area contributed by atoms with Gasteiger partial charge in [-0.1, -0.05) is 6.92 Å². The van der Waals surface area contributed by atoms with Gasteiger partial charge in [0.05, 0.1) is 5.92 Å². The first kappa shape index (κ1) is 8.80. The molecule has 0 bridgehead atoms. The molecule has 4 heteroatoms. The van der Waals surface area contributed by atoms with Gasteiger partial charge in [0.25, 0.3) is 0 Å². The number of rotatable bonds is 3. The minimum absolute atomic E-state index is 0.436. The first-order valence-electron chi connectivity index (χ1n) is 3.74. The van der Waals surface area contributed by atoms with E-state index < -0.39 is 17.9 Å². The lowest BCUT2D eigenvalue weighted by molar-refractivity contribution is -0.141. The first-order chi connectivity index (χ1) is 5.63. The Morgan fingerprint density at radius 3 is 2.83 bits per heavy atom. The van der Waals surface area contributed by atoms with Crippen LogP contribution in [-0.2, 0) is 4.79 Å². The van der Waals surface area contributed by atoms with Gasteiger partial charge in [0.1, 0.15) is 0 Å². The molecule has 1 heterocycles. The van der Waals surface area contributed by atoms with Crippen molar-refractivity contribution in [3.63, 3.8) is 0 Å². The van der Waals surface area contributed by atoms with Gasteiger partial charge in [0, 0.05) is 18.4 Å². The number of carbonyl (C=O) groups is 1. The monoisotopic (exact) mass is 168 g/mol. The molecule has 0 amide bonds. The van der Waals surface area contributed by atoms with E-state index in [0.717, 1.165) is 5.56 Å². The zero-order chi connectivity index (χ0) is 9.14. The summed E-state index contributed by atoms with van der Waals surface area (Å²) < 4.78 is 0. The largest absolute Gasteiger partial charge is 0.481 e. The van der Waals surface area contributed by atoms with E-state index in [9.17, 15) is 4.79 Å². The van der Waals surface area contributed by atoms with Gasteiger partial charge < -0.3 is 15.8 Å². The van der Waals surface area contributed by atoms with Crippen molar-refractivity contribution >= 4 is 5.97 Å². The number of hydrogen-bond donors (Lipinski definition) is 3. The van der Waals surface area contributed by atoms with Gasteiger partial charge in [-0.15, -0.1) is 0 Å². The van der Waals surface area contributed by atoms with E-state index in [1.165, 1.54) is 0 Å². The van der Waals surface area contributed by atoms with E-state index in [1.807, 2.05) is 0 Å². The summed E-state index contributed by atoms with van der Waals surface area (Å²) in [6.45, 7) is 1.60. The number of aliphatic carboxylic acids is 1. The highest BCUT2D eigenvalue weighted by atomic mass is 16.4. The van der Waals surface area contributed by atoms with Crippen molar-refractivity contribution in [2.45, 2.75) is 13.0 Å². The zero-order valence-corrected chi connectivity index (χ0v) is 6.82. The van der Waals surface area contributed by atoms with Crippen LogP contribution < -0.4 is 5.73 Å². The molecule has 2 unspecified atom stereocenters. The number of hydrogen-bond acceptors (Lipinski definition) is 2. The number of aromatic amines is 1. The smallest absolute Gasteiger partial charge is 0.308 e. The van der Waals surface area contributed by atoms with Crippen LogP contribution in [0.4, 0.5) is 0 Å². The lowest BCUT2D eigenvalue weighted by atomic mass is 9.98. The third-order valence-electron chi connectivity index (χ3n) is 1.94. The summed E-state index contributed by atoms with van der Waals surface area (Å²) in [5, 5.41) is 8.66. The molecule has 0 radical (unpaired) electrons. The summed E-state index contributed by atoms with van der Waals surface area (Å²) >= 11 is 0. The van der Waals surface area contributed by atoms with Crippen LogP contribution in [0.1, 0.15) is 18.5 Å². The second-order valence-electron chi connectivity index (χ2n) is 2.80. The molecule has 4 nitrogen and oxygen atoms in total. The normalized spacial score (nSPS) is 15.5. The summed E-state index contributed by atoms with van der Waals surface area (Å²) in [5.41, 5.74) is 6.51. The van der Waals surface area contributed by atoms with E-state index in [2.05, 4.69) is 4.98 Å². The van der Waals surface area contributed by atoms with Crippen LogP contribution in [0.15, 0.2) is 18.5 Å². The minimum atomic E-state index is -0.872. The fourth-order valence-electron chi connectivity index (χ4n) is 0.986. The molecule has 0 aliphatic rings. The van der Waals surface area contributed by atoms with Crippen LogP contribution in [0.3, 0.4) is 0 Å². The van der Waals surface area contributed by atoms with Crippen LogP contribution in [0.5, 0.6) is 0 Å².